The molecule has 2 aromatic carbocycles. The standard InChI is InChI=1S/C20H26N2O5S/c1-16-6-4-5-7-19(16)22(28(3,24)25)15-20(23)21-14-17-8-10-18(11-9-17)27-13-12-26-2/h4-11H,12-15H2,1-3H3,(H,21,23). The molecule has 0 fully saturated rings. The first-order valence-corrected chi connectivity index (χ1v) is 10.7. The van der Waals surface area contributed by atoms with E-state index in [2.05, 4.69) is 5.32 Å². The van der Waals surface area contributed by atoms with Crippen LogP contribution >= 0.6 is 0 Å². The molecule has 0 saturated carbocycles. The fraction of sp³-hybridized carbons (Fsp3) is 0.350. The van der Waals surface area contributed by atoms with Crippen molar-refractivity contribution in [1.82, 2.24) is 5.32 Å². The molecule has 0 spiro atoms. The molecule has 2 rings (SSSR count). The third kappa shape index (κ3) is 6.54. The van der Waals surface area contributed by atoms with Gasteiger partial charge in [0.05, 0.1) is 18.6 Å². The Morgan fingerprint density at radius 2 is 1.75 bits per heavy atom. The molecular weight excluding hydrogens is 380 g/mol. The van der Waals surface area contributed by atoms with Gasteiger partial charge in [-0.3, -0.25) is 9.10 Å². The highest BCUT2D eigenvalue weighted by Gasteiger charge is 2.21. The zero-order valence-electron chi connectivity index (χ0n) is 16.3. The summed E-state index contributed by atoms with van der Waals surface area (Å²) in [6, 6.07) is 14.4. The van der Waals surface area contributed by atoms with Crippen LogP contribution in [0.1, 0.15) is 11.1 Å². The lowest BCUT2D eigenvalue weighted by atomic mass is 10.2. The number of nitrogens with one attached hydrogen (secondary N) is 1. The monoisotopic (exact) mass is 406 g/mol. The lowest BCUT2D eigenvalue weighted by Crippen LogP contribution is -2.40. The van der Waals surface area contributed by atoms with E-state index in [0.717, 1.165) is 27.4 Å². The number of sulfonamides is 1. The van der Waals surface area contributed by atoms with Gasteiger partial charge in [-0.1, -0.05) is 30.3 Å². The maximum Gasteiger partial charge on any atom is 0.241 e. The Hall–Kier alpha value is -2.58. The molecule has 152 valence electrons. The van der Waals surface area contributed by atoms with E-state index in [0.29, 0.717) is 25.4 Å². The summed E-state index contributed by atoms with van der Waals surface area (Å²) < 4.78 is 35.9. The van der Waals surface area contributed by atoms with Gasteiger partial charge < -0.3 is 14.8 Å². The number of rotatable bonds is 10. The number of hydrogen-bond donors (Lipinski definition) is 1. The Balaban J connectivity index is 1.95. The third-order valence-electron chi connectivity index (χ3n) is 4.04. The average molecular weight is 407 g/mol. The minimum atomic E-state index is -3.59. The SMILES string of the molecule is COCCOc1ccc(CNC(=O)CN(c2ccccc2C)S(C)(=O)=O)cc1. The van der Waals surface area contributed by atoms with Gasteiger partial charge in [0.15, 0.2) is 0 Å². The first kappa shape index (κ1) is 21.7. The summed E-state index contributed by atoms with van der Waals surface area (Å²) in [5, 5.41) is 2.76. The van der Waals surface area contributed by atoms with Crippen molar-refractivity contribution >= 4 is 21.6 Å². The molecule has 8 heteroatoms. The summed E-state index contributed by atoms with van der Waals surface area (Å²) in [5.74, 6) is 0.337. The smallest absolute Gasteiger partial charge is 0.241 e. The van der Waals surface area contributed by atoms with E-state index in [9.17, 15) is 13.2 Å². The first-order valence-electron chi connectivity index (χ1n) is 8.82. The fourth-order valence-electron chi connectivity index (χ4n) is 2.56. The summed E-state index contributed by atoms with van der Waals surface area (Å²) in [5.41, 5.74) is 2.16. The molecule has 1 amide bonds. The highest BCUT2D eigenvalue weighted by Crippen LogP contribution is 2.21. The second-order valence-corrected chi connectivity index (χ2v) is 8.22. The van der Waals surface area contributed by atoms with E-state index in [1.807, 2.05) is 43.3 Å². The van der Waals surface area contributed by atoms with Crippen molar-refractivity contribution in [2.45, 2.75) is 13.5 Å². The largest absolute Gasteiger partial charge is 0.491 e. The van der Waals surface area contributed by atoms with Crippen LogP contribution in [0.5, 0.6) is 5.75 Å². The van der Waals surface area contributed by atoms with Gasteiger partial charge >= 0.3 is 0 Å². The molecule has 0 aliphatic heterocycles. The highest BCUT2D eigenvalue weighted by molar-refractivity contribution is 7.92. The molecule has 2 aromatic rings. The summed E-state index contributed by atoms with van der Waals surface area (Å²) >= 11 is 0. The van der Waals surface area contributed by atoms with Crippen molar-refractivity contribution < 1.29 is 22.7 Å². The molecule has 0 radical (unpaired) electrons. The summed E-state index contributed by atoms with van der Waals surface area (Å²) in [4.78, 5) is 12.3. The number of hydrogen-bond acceptors (Lipinski definition) is 5. The lowest BCUT2D eigenvalue weighted by molar-refractivity contribution is -0.119. The molecule has 0 heterocycles. The summed E-state index contributed by atoms with van der Waals surface area (Å²) in [7, 11) is -1.98. The number of para-hydroxylation sites is 1. The van der Waals surface area contributed by atoms with Gasteiger partial charge in [-0.15, -0.1) is 0 Å². The number of ether oxygens (including phenoxy) is 2. The quantitative estimate of drug-likeness (QED) is 0.611. The Bertz CT molecular complexity index is 882. The van der Waals surface area contributed by atoms with Crippen molar-refractivity contribution in [3.63, 3.8) is 0 Å². The van der Waals surface area contributed by atoms with E-state index in [4.69, 9.17) is 9.47 Å². The maximum atomic E-state index is 12.3. The molecule has 28 heavy (non-hydrogen) atoms. The Kier molecular flexibility index (Phi) is 7.83. The minimum absolute atomic E-state index is 0.276. The van der Waals surface area contributed by atoms with E-state index in [1.54, 1.807) is 19.2 Å². The number of benzene rings is 2. The fourth-order valence-corrected chi connectivity index (χ4v) is 3.47. The van der Waals surface area contributed by atoms with Crippen LogP contribution < -0.4 is 14.4 Å². The van der Waals surface area contributed by atoms with Crippen LogP contribution in [-0.4, -0.2) is 47.4 Å². The van der Waals surface area contributed by atoms with Crippen molar-refractivity contribution in [2.24, 2.45) is 0 Å². The predicted octanol–water partition coefficient (Wildman–Crippen LogP) is 2.10. The Morgan fingerprint density at radius 3 is 2.36 bits per heavy atom. The van der Waals surface area contributed by atoms with E-state index in [-0.39, 0.29) is 12.5 Å². The number of aryl methyl sites for hydroxylation is 1. The summed E-state index contributed by atoms with van der Waals surface area (Å²) in [6.07, 6.45) is 1.09. The van der Waals surface area contributed by atoms with Crippen molar-refractivity contribution in [3.8, 4) is 5.75 Å². The number of amides is 1. The van der Waals surface area contributed by atoms with Crippen LogP contribution in [-0.2, 0) is 26.1 Å². The topological polar surface area (TPSA) is 84.9 Å². The van der Waals surface area contributed by atoms with Crippen molar-refractivity contribution in [3.05, 3.63) is 59.7 Å². The second kappa shape index (κ2) is 10.1. The minimum Gasteiger partial charge on any atom is -0.491 e. The van der Waals surface area contributed by atoms with E-state index in [1.165, 1.54) is 0 Å². The van der Waals surface area contributed by atoms with E-state index < -0.39 is 10.0 Å². The normalized spacial score (nSPS) is 11.1. The van der Waals surface area contributed by atoms with Crippen LogP contribution in [0, 0.1) is 6.92 Å². The second-order valence-electron chi connectivity index (χ2n) is 6.32. The molecular formula is C20H26N2O5S. The zero-order valence-corrected chi connectivity index (χ0v) is 17.2. The Labute approximate surface area is 166 Å². The molecule has 0 bridgehead atoms. The number of carbonyl (C=O) groups excluding carboxylic acids is 1. The van der Waals surface area contributed by atoms with Crippen molar-refractivity contribution in [2.75, 3.05) is 37.4 Å². The van der Waals surface area contributed by atoms with Gasteiger partial charge in [-0.25, -0.2) is 8.42 Å². The molecule has 7 nitrogen and oxygen atoms in total. The zero-order chi connectivity index (χ0) is 20.6. The average Bonchev–Trinajstić information content (AvgIpc) is 2.65. The van der Waals surface area contributed by atoms with Crippen LogP contribution in [0.25, 0.3) is 0 Å². The molecule has 0 saturated heterocycles. The van der Waals surface area contributed by atoms with Crippen LogP contribution in [0.4, 0.5) is 5.69 Å². The predicted molar refractivity (Wildman–Crippen MR) is 109 cm³/mol. The molecule has 1 N–H and O–H groups in total. The number of nitrogens with zero attached hydrogens (tertiary/aromatic N) is 1. The maximum absolute atomic E-state index is 12.3. The number of anilines is 1. The van der Waals surface area contributed by atoms with Gasteiger partial charge in [-0.2, -0.15) is 0 Å². The third-order valence-corrected chi connectivity index (χ3v) is 5.17. The number of carbonyl (C=O) groups is 1. The molecule has 0 aliphatic rings. The van der Waals surface area contributed by atoms with E-state index >= 15 is 0 Å². The summed E-state index contributed by atoms with van der Waals surface area (Å²) in [6.45, 7) is 2.80. The molecule has 0 unspecified atom stereocenters. The Morgan fingerprint density at radius 1 is 1.07 bits per heavy atom. The molecule has 0 aliphatic carbocycles. The van der Waals surface area contributed by atoms with Crippen LogP contribution in [0.15, 0.2) is 48.5 Å². The van der Waals surface area contributed by atoms with Gasteiger partial charge in [0.25, 0.3) is 0 Å². The molecule has 0 aromatic heterocycles. The van der Waals surface area contributed by atoms with Crippen molar-refractivity contribution in [1.29, 1.82) is 0 Å². The van der Waals surface area contributed by atoms with Gasteiger partial charge in [-0.05, 0) is 36.2 Å². The lowest BCUT2D eigenvalue weighted by Gasteiger charge is -2.23. The van der Waals surface area contributed by atoms with Crippen LogP contribution in [0.3, 0.4) is 0 Å². The van der Waals surface area contributed by atoms with Gasteiger partial charge in [0.2, 0.25) is 15.9 Å². The van der Waals surface area contributed by atoms with Gasteiger partial charge in [0.1, 0.15) is 18.9 Å². The first-order chi connectivity index (χ1) is 13.3. The van der Waals surface area contributed by atoms with Crippen LogP contribution in [0.2, 0.25) is 0 Å². The molecule has 0 atom stereocenters. The van der Waals surface area contributed by atoms with Gasteiger partial charge in [0, 0.05) is 13.7 Å². The highest BCUT2D eigenvalue weighted by atomic mass is 32.2. The number of methoxy groups -OCH3 is 1.